The highest BCUT2D eigenvalue weighted by atomic mass is 15.0. The highest BCUT2D eigenvalue weighted by Crippen LogP contribution is 2.06. The van der Waals surface area contributed by atoms with Crippen LogP contribution in [0.15, 0.2) is 18.3 Å². The lowest BCUT2D eigenvalue weighted by atomic mass is 10.4. The van der Waals surface area contributed by atoms with Crippen molar-refractivity contribution in [3.8, 4) is 0 Å². The van der Waals surface area contributed by atoms with Crippen molar-refractivity contribution in [2.24, 2.45) is 0 Å². The van der Waals surface area contributed by atoms with Gasteiger partial charge in [0.2, 0.25) is 0 Å². The monoisotopic (exact) mass is 176 g/mol. The highest BCUT2D eigenvalue weighted by molar-refractivity contribution is 5.69. The summed E-state index contributed by atoms with van der Waals surface area (Å²) in [4.78, 5) is 11.7. The van der Waals surface area contributed by atoms with E-state index in [4.69, 9.17) is 0 Å². The van der Waals surface area contributed by atoms with Gasteiger partial charge in [-0.05, 0) is 18.7 Å². The molecule has 0 atom stereocenters. The van der Waals surface area contributed by atoms with Gasteiger partial charge in [0.05, 0.1) is 12.1 Å². The average Bonchev–Trinajstić information content (AvgIpc) is 2.57. The summed E-state index contributed by atoms with van der Waals surface area (Å²) in [5.74, 6) is 0.940. The predicted octanol–water partition coefficient (Wildman–Crippen LogP) is 1.07. The molecule has 0 aliphatic carbocycles. The predicted molar refractivity (Wildman–Crippen MR) is 51.3 cm³/mol. The number of nitrogens with zero attached hydrogens (tertiary/aromatic N) is 2. The fraction of sp³-hybridized carbons (Fsp3) is 0.333. The number of hydrogen-bond acceptors (Lipinski definition) is 3. The van der Waals surface area contributed by atoms with E-state index in [2.05, 4.69) is 27.2 Å². The van der Waals surface area contributed by atoms with Crippen LogP contribution in [0.5, 0.6) is 0 Å². The zero-order valence-corrected chi connectivity index (χ0v) is 7.54. The number of rotatable bonds is 3. The van der Waals surface area contributed by atoms with Crippen molar-refractivity contribution < 1.29 is 0 Å². The molecule has 4 heteroatoms. The third kappa shape index (κ3) is 1.67. The first kappa shape index (κ1) is 8.19. The molecule has 2 aromatic rings. The Kier molecular flexibility index (Phi) is 2.23. The van der Waals surface area contributed by atoms with Crippen LogP contribution >= 0.6 is 0 Å². The molecule has 0 aliphatic rings. The van der Waals surface area contributed by atoms with Gasteiger partial charge in [-0.3, -0.25) is 0 Å². The number of H-pyrrole nitrogens is 1. The Morgan fingerprint density at radius 3 is 3.23 bits per heavy atom. The van der Waals surface area contributed by atoms with E-state index in [-0.39, 0.29) is 0 Å². The van der Waals surface area contributed by atoms with Gasteiger partial charge >= 0.3 is 0 Å². The van der Waals surface area contributed by atoms with Gasteiger partial charge in [-0.1, -0.05) is 6.92 Å². The molecule has 0 aliphatic heterocycles. The van der Waals surface area contributed by atoms with Crippen molar-refractivity contribution in [3.05, 3.63) is 24.2 Å². The third-order valence-electron chi connectivity index (χ3n) is 1.85. The van der Waals surface area contributed by atoms with Crippen LogP contribution in [0.25, 0.3) is 11.2 Å². The van der Waals surface area contributed by atoms with Crippen LogP contribution in [-0.2, 0) is 6.54 Å². The minimum atomic E-state index is 0.771. The molecule has 2 rings (SSSR count). The van der Waals surface area contributed by atoms with Gasteiger partial charge < -0.3 is 10.3 Å². The quantitative estimate of drug-likeness (QED) is 0.735. The maximum absolute atomic E-state index is 4.32. The summed E-state index contributed by atoms with van der Waals surface area (Å²) in [6, 6.07) is 3.88. The Morgan fingerprint density at radius 1 is 1.54 bits per heavy atom. The number of fused-ring (bicyclic) bond motifs is 1. The van der Waals surface area contributed by atoms with Crippen LogP contribution in [0.4, 0.5) is 0 Å². The number of nitrogens with one attached hydrogen (secondary N) is 2. The van der Waals surface area contributed by atoms with Crippen LogP contribution in [-0.4, -0.2) is 21.5 Å². The smallest absolute Gasteiger partial charge is 0.177 e. The summed E-state index contributed by atoms with van der Waals surface area (Å²) in [5.41, 5.74) is 1.78. The first-order chi connectivity index (χ1) is 6.40. The number of aromatic amines is 1. The molecule has 0 spiro atoms. The van der Waals surface area contributed by atoms with Crippen molar-refractivity contribution >= 4 is 11.2 Å². The molecular formula is C9H12N4. The molecule has 13 heavy (non-hydrogen) atoms. The fourth-order valence-electron chi connectivity index (χ4n) is 1.22. The van der Waals surface area contributed by atoms with Gasteiger partial charge in [-0.2, -0.15) is 0 Å². The molecule has 0 fully saturated rings. The van der Waals surface area contributed by atoms with E-state index in [1.807, 2.05) is 12.1 Å². The second-order valence-corrected chi connectivity index (χ2v) is 2.84. The van der Waals surface area contributed by atoms with Gasteiger partial charge in [0, 0.05) is 6.20 Å². The lowest BCUT2D eigenvalue weighted by molar-refractivity contribution is 0.700. The van der Waals surface area contributed by atoms with Crippen LogP contribution < -0.4 is 5.32 Å². The average molecular weight is 176 g/mol. The Labute approximate surface area is 76.4 Å². The van der Waals surface area contributed by atoms with E-state index in [9.17, 15) is 0 Å². The van der Waals surface area contributed by atoms with Crippen LogP contribution in [0, 0.1) is 0 Å². The summed E-state index contributed by atoms with van der Waals surface area (Å²) in [5, 5.41) is 3.20. The zero-order valence-electron chi connectivity index (χ0n) is 7.54. The van der Waals surface area contributed by atoms with Crippen molar-refractivity contribution in [2.45, 2.75) is 13.5 Å². The Morgan fingerprint density at radius 2 is 2.46 bits per heavy atom. The summed E-state index contributed by atoms with van der Waals surface area (Å²) in [6.45, 7) is 3.79. The Balaban J connectivity index is 2.28. The maximum atomic E-state index is 4.32. The molecule has 0 saturated heterocycles. The van der Waals surface area contributed by atoms with Crippen molar-refractivity contribution in [3.63, 3.8) is 0 Å². The van der Waals surface area contributed by atoms with Crippen molar-refractivity contribution in [2.75, 3.05) is 6.54 Å². The Hall–Kier alpha value is -1.42. The number of imidazole rings is 1. The maximum Gasteiger partial charge on any atom is 0.177 e. The summed E-state index contributed by atoms with van der Waals surface area (Å²) < 4.78 is 0. The summed E-state index contributed by atoms with van der Waals surface area (Å²) >= 11 is 0. The fourth-order valence-corrected chi connectivity index (χ4v) is 1.22. The third-order valence-corrected chi connectivity index (χ3v) is 1.85. The minimum absolute atomic E-state index is 0.771. The number of hydrogen-bond donors (Lipinski definition) is 2. The first-order valence-corrected chi connectivity index (χ1v) is 4.40. The largest absolute Gasteiger partial charge is 0.340 e. The Bertz CT molecular complexity index is 360. The summed E-state index contributed by atoms with van der Waals surface area (Å²) in [6.07, 6.45) is 1.75. The van der Waals surface area contributed by atoms with E-state index >= 15 is 0 Å². The molecule has 4 nitrogen and oxygen atoms in total. The van der Waals surface area contributed by atoms with Gasteiger partial charge in [0.25, 0.3) is 0 Å². The SMILES string of the molecule is CCNCc1nc2ncccc2[nH]1. The molecule has 0 amide bonds. The second kappa shape index (κ2) is 3.53. The van der Waals surface area contributed by atoms with Gasteiger partial charge in [-0.25, -0.2) is 9.97 Å². The van der Waals surface area contributed by atoms with Crippen molar-refractivity contribution in [1.82, 2.24) is 20.3 Å². The van der Waals surface area contributed by atoms with Crippen LogP contribution in [0.2, 0.25) is 0 Å². The molecule has 2 heterocycles. The second-order valence-electron chi connectivity index (χ2n) is 2.84. The zero-order chi connectivity index (χ0) is 9.10. The molecule has 0 saturated carbocycles. The molecule has 2 aromatic heterocycles. The highest BCUT2D eigenvalue weighted by Gasteiger charge is 2.00. The molecule has 0 unspecified atom stereocenters. The van der Waals surface area contributed by atoms with Gasteiger partial charge in [-0.15, -0.1) is 0 Å². The van der Waals surface area contributed by atoms with E-state index in [0.29, 0.717) is 0 Å². The lowest BCUT2D eigenvalue weighted by Gasteiger charge is -1.94. The molecule has 2 N–H and O–H groups in total. The first-order valence-electron chi connectivity index (χ1n) is 4.40. The van der Waals surface area contributed by atoms with E-state index in [1.54, 1.807) is 6.20 Å². The van der Waals surface area contributed by atoms with E-state index < -0.39 is 0 Å². The molecule has 68 valence electrons. The topological polar surface area (TPSA) is 53.6 Å². The van der Waals surface area contributed by atoms with Crippen LogP contribution in [0.3, 0.4) is 0 Å². The van der Waals surface area contributed by atoms with E-state index in [1.165, 1.54) is 0 Å². The summed E-state index contributed by atoms with van der Waals surface area (Å²) in [7, 11) is 0. The van der Waals surface area contributed by atoms with E-state index in [0.717, 1.165) is 30.1 Å². The van der Waals surface area contributed by atoms with Gasteiger partial charge in [0.1, 0.15) is 5.82 Å². The standard InChI is InChI=1S/C9H12N4/c1-2-10-6-8-12-7-4-3-5-11-9(7)13-8/h3-5,10H,2,6H2,1H3,(H,11,12,13). The lowest BCUT2D eigenvalue weighted by Crippen LogP contribution is -2.12. The normalized spacial score (nSPS) is 10.8. The molecule has 0 aromatic carbocycles. The van der Waals surface area contributed by atoms with Gasteiger partial charge in [0.15, 0.2) is 5.65 Å². The van der Waals surface area contributed by atoms with Crippen LogP contribution in [0.1, 0.15) is 12.7 Å². The van der Waals surface area contributed by atoms with Crippen molar-refractivity contribution in [1.29, 1.82) is 0 Å². The number of aromatic nitrogens is 3. The molecular weight excluding hydrogens is 164 g/mol. The number of pyridine rings is 1. The minimum Gasteiger partial charge on any atom is -0.340 e. The molecule has 0 bridgehead atoms. The molecule has 0 radical (unpaired) electrons.